The SMILES string of the molecule is O=C(O)c1nc(CF)co1. The molecule has 10 heavy (non-hydrogen) atoms. The fourth-order valence-electron chi connectivity index (χ4n) is 0.467. The van der Waals surface area contributed by atoms with Crippen LogP contribution in [0.25, 0.3) is 0 Å². The van der Waals surface area contributed by atoms with Crippen LogP contribution < -0.4 is 0 Å². The van der Waals surface area contributed by atoms with E-state index in [4.69, 9.17) is 5.11 Å². The maximum Gasteiger partial charge on any atom is 0.392 e. The summed E-state index contributed by atoms with van der Waals surface area (Å²) in [7, 11) is 0. The van der Waals surface area contributed by atoms with Gasteiger partial charge >= 0.3 is 11.9 Å². The number of alkyl halides is 1. The van der Waals surface area contributed by atoms with Crippen LogP contribution >= 0.6 is 0 Å². The second-order valence-corrected chi connectivity index (χ2v) is 1.58. The molecule has 0 aromatic carbocycles. The van der Waals surface area contributed by atoms with Crippen molar-refractivity contribution in [3.8, 4) is 0 Å². The van der Waals surface area contributed by atoms with E-state index in [9.17, 15) is 9.18 Å². The molecule has 0 atom stereocenters. The third-order valence-corrected chi connectivity index (χ3v) is 0.872. The Morgan fingerprint density at radius 2 is 2.60 bits per heavy atom. The minimum atomic E-state index is -1.29. The Hall–Kier alpha value is -1.39. The van der Waals surface area contributed by atoms with Gasteiger partial charge in [-0.05, 0) is 0 Å². The fourth-order valence-corrected chi connectivity index (χ4v) is 0.467. The molecule has 0 aliphatic carbocycles. The van der Waals surface area contributed by atoms with Gasteiger partial charge in [0.2, 0.25) is 0 Å². The van der Waals surface area contributed by atoms with Crippen molar-refractivity contribution in [3.63, 3.8) is 0 Å². The van der Waals surface area contributed by atoms with Gasteiger partial charge in [0.05, 0.1) is 0 Å². The van der Waals surface area contributed by atoms with Crippen molar-refractivity contribution in [1.82, 2.24) is 4.98 Å². The van der Waals surface area contributed by atoms with Gasteiger partial charge in [0, 0.05) is 0 Å². The van der Waals surface area contributed by atoms with Gasteiger partial charge in [0.25, 0.3) is 0 Å². The summed E-state index contributed by atoms with van der Waals surface area (Å²) in [5.74, 6) is -1.77. The molecule has 0 unspecified atom stereocenters. The van der Waals surface area contributed by atoms with Crippen molar-refractivity contribution in [3.05, 3.63) is 17.8 Å². The number of aromatic nitrogens is 1. The normalized spacial score (nSPS) is 9.70. The molecule has 0 aliphatic rings. The number of carboxylic acids is 1. The van der Waals surface area contributed by atoms with E-state index in [2.05, 4.69) is 9.40 Å². The Kier molecular flexibility index (Phi) is 1.66. The first-order valence-electron chi connectivity index (χ1n) is 2.47. The van der Waals surface area contributed by atoms with E-state index in [0.717, 1.165) is 6.26 Å². The van der Waals surface area contributed by atoms with Crippen molar-refractivity contribution in [2.75, 3.05) is 0 Å². The highest BCUT2D eigenvalue weighted by molar-refractivity contribution is 5.82. The van der Waals surface area contributed by atoms with Crippen LogP contribution in [0.15, 0.2) is 10.7 Å². The average molecular weight is 145 g/mol. The maximum atomic E-state index is 11.7. The zero-order valence-electron chi connectivity index (χ0n) is 4.87. The molecule has 0 saturated carbocycles. The van der Waals surface area contributed by atoms with Gasteiger partial charge in [0.1, 0.15) is 18.6 Å². The van der Waals surface area contributed by atoms with Gasteiger partial charge in [-0.2, -0.15) is 0 Å². The van der Waals surface area contributed by atoms with Crippen LogP contribution in [0, 0.1) is 0 Å². The van der Waals surface area contributed by atoms with E-state index < -0.39 is 18.5 Å². The first kappa shape index (κ1) is 6.73. The molecular weight excluding hydrogens is 141 g/mol. The third kappa shape index (κ3) is 1.12. The van der Waals surface area contributed by atoms with Crippen LogP contribution in [0.2, 0.25) is 0 Å². The number of halogens is 1. The molecule has 0 fully saturated rings. The Morgan fingerprint density at radius 1 is 1.90 bits per heavy atom. The molecule has 0 radical (unpaired) electrons. The predicted octanol–water partition coefficient (Wildman–Crippen LogP) is 0.842. The standard InChI is InChI=1S/C5H4FNO3/c6-1-3-2-10-4(7-3)5(8)9/h2H,1H2,(H,8,9). The van der Waals surface area contributed by atoms with Crippen LogP contribution in [0.1, 0.15) is 16.4 Å². The molecule has 1 heterocycles. The van der Waals surface area contributed by atoms with E-state index in [1.165, 1.54) is 0 Å². The zero-order chi connectivity index (χ0) is 7.56. The molecule has 5 heteroatoms. The van der Waals surface area contributed by atoms with Crippen LogP contribution in [-0.4, -0.2) is 16.1 Å². The molecule has 1 aromatic heterocycles. The van der Waals surface area contributed by atoms with Crippen LogP contribution in [0.4, 0.5) is 4.39 Å². The number of nitrogens with zero attached hydrogens (tertiary/aromatic N) is 1. The van der Waals surface area contributed by atoms with Gasteiger partial charge in [-0.1, -0.05) is 0 Å². The Labute approximate surface area is 55.3 Å². The Bertz CT molecular complexity index is 245. The molecular formula is C5H4FNO3. The lowest BCUT2D eigenvalue weighted by atomic mass is 10.5. The highest BCUT2D eigenvalue weighted by Gasteiger charge is 2.09. The van der Waals surface area contributed by atoms with Crippen molar-refractivity contribution >= 4 is 5.97 Å². The zero-order valence-corrected chi connectivity index (χ0v) is 4.87. The Morgan fingerprint density at radius 3 is 2.90 bits per heavy atom. The number of rotatable bonds is 2. The number of carbonyl (C=O) groups is 1. The van der Waals surface area contributed by atoms with E-state index in [1.807, 2.05) is 0 Å². The molecule has 0 aliphatic heterocycles. The molecule has 0 amide bonds. The van der Waals surface area contributed by atoms with E-state index in [-0.39, 0.29) is 5.69 Å². The molecule has 54 valence electrons. The molecule has 0 bridgehead atoms. The number of aromatic carboxylic acids is 1. The predicted molar refractivity (Wildman–Crippen MR) is 28.3 cm³/mol. The first-order chi connectivity index (χ1) is 4.74. The van der Waals surface area contributed by atoms with Gasteiger partial charge in [-0.15, -0.1) is 0 Å². The van der Waals surface area contributed by atoms with Gasteiger partial charge in [-0.3, -0.25) is 0 Å². The summed E-state index contributed by atoms with van der Waals surface area (Å²) < 4.78 is 16.1. The summed E-state index contributed by atoms with van der Waals surface area (Å²) in [5.41, 5.74) is -0.00241. The molecule has 1 N–H and O–H groups in total. The van der Waals surface area contributed by atoms with E-state index in [1.54, 1.807) is 0 Å². The minimum Gasteiger partial charge on any atom is -0.474 e. The largest absolute Gasteiger partial charge is 0.474 e. The summed E-state index contributed by atoms with van der Waals surface area (Å²) in [6.45, 7) is -0.809. The van der Waals surface area contributed by atoms with Crippen LogP contribution in [0.3, 0.4) is 0 Å². The number of hydrogen-bond acceptors (Lipinski definition) is 3. The highest BCUT2D eigenvalue weighted by Crippen LogP contribution is 2.02. The molecule has 1 aromatic rings. The number of carboxylic acid groups (broad SMARTS) is 1. The second kappa shape index (κ2) is 2.47. The third-order valence-electron chi connectivity index (χ3n) is 0.872. The average Bonchev–Trinajstić information content (AvgIpc) is 2.34. The van der Waals surface area contributed by atoms with Crippen molar-refractivity contribution in [2.24, 2.45) is 0 Å². The second-order valence-electron chi connectivity index (χ2n) is 1.58. The summed E-state index contributed by atoms with van der Waals surface area (Å²) in [5, 5.41) is 8.21. The Balaban J connectivity index is 2.88. The lowest BCUT2D eigenvalue weighted by Crippen LogP contribution is -1.95. The van der Waals surface area contributed by atoms with Crippen molar-refractivity contribution < 1.29 is 18.7 Å². The van der Waals surface area contributed by atoms with Gasteiger partial charge in [-0.25, -0.2) is 14.2 Å². The number of hydrogen-bond donors (Lipinski definition) is 1. The first-order valence-corrected chi connectivity index (χ1v) is 2.47. The molecule has 4 nitrogen and oxygen atoms in total. The van der Waals surface area contributed by atoms with Gasteiger partial charge in [0.15, 0.2) is 0 Å². The van der Waals surface area contributed by atoms with Crippen molar-refractivity contribution in [2.45, 2.75) is 6.67 Å². The lowest BCUT2D eigenvalue weighted by Gasteiger charge is -1.78. The van der Waals surface area contributed by atoms with Crippen LogP contribution in [0.5, 0.6) is 0 Å². The summed E-state index contributed by atoms with van der Waals surface area (Å²) in [4.78, 5) is 13.3. The summed E-state index contributed by atoms with van der Waals surface area (Å²) in [6.07, 6.45) is 0.976. The molecule has 1 rings (SSSR count). The minimum absolute atomic E-state index is 0.00241. The highest BCUT2D eigenvalue weighted by atomic mass is 19.1. The lowest BCUT2D eigenvalue weighted by molar-refractivity contribution is 0.0653. The van der Waals surface area contributed by atoms with E-state index >= 15 is 0 Å². The summed E-state index contributed by atoms with van der Waals surface area (Å²) in [6, 6.07) is 0. The fraction of sp³-hybridized carbons (Fsp3) is 0.200. The topological polar surface area (TPSA) is 63.3 Å². The smallest absolute Gasteiger partial charge is 0.392 e. The van der Waals surface area contributed by atoms with Crippen molar-refractivity contribution in [1.29, 1.82) is 0 Å². The maximum absolute atomic E-state index is 11.7. The quantitative estimate of drug-likeness (QED) is 0.669. The van der Waals surface area contributed by atoms with Gasteiger partial charge < -0.3 is 9.52 Å². The molecule has 0 saturated heterocycles. The number of oxazole rings is 1. The van der Waals surface area contributed by atoms with Crippen LogP contribution in [-0.2, 0) is 6.67 Å². The molecule has 0 spiro atoms. The summed E-state index contributed by atoms with van der Waals surface area (Å²) >= 11 is 0. The van der Waals surface area contributed by atoms with E-state index in [0.29, 0.717) is 0 Å². The monoisotopic (exact) mass is 145 g/mol.